The maximum Gasteiger partial charge on any atom is 0.213 e. The van der Waals surface area contributed by atoms with Crippen LogP contribution in [-0.2, 0) is 10.1 Å². The van der Waals surface area contributed by atoms with Crippen molar-refractivity contribution in [2.45, 2.75) is 5.16 Å². The number of H-pyrrole nitrogens is 1. The van der Waals surface area contributed by atoms with Crippen molar-refractivity contribution in [1.82, 2.24) is 9.97 Å². The number of imidazole rings is 1. The molecule has 92 valence electrons. The van der Waals surface area contributed by atoms with Crippen molar-refractivity contribution in [2.24, 2.45) is 0 Å². The molecular weight excluding hydrogens is 248 g/mol. The Kier molecular flexibility index (Phi) is 2.68. The lowest BCUT2D eigenvalue weighted by molar-refractivity contribution is 0.356. The second-order valence-electron chi connectivity index (χ2n) is 3.22. The first-order valence-electron chi connectivity index (χ1n) is 4.53. The van der Waals surface area contributed by atoms with E-state index in [1.165, 1.54) is 26.4 Å². The van der Waals surface area contributed by atoms with E-state index >= 15 is 0 Å². The van der Waals surface area contributed by atoms with Crippen LogP contribution in [0.3, 0.4) is 0 Å². The minimum atomic E-state index is -4.60. The van der Waals surface area contributed by atoms with Crippen LogP contribution in [0.2, 0.25) is 0 Å². The summed E-state index contributed by atoms with van der Waals surface area (Å²) in [7, 11) is -1.71. The number of aromatic amines is 1. The Balaban J connectivity index is 2.70. The fourth-order valence-electron chi connectivity index (χ4n) is 1.43. The van der Waals surface area contributed by atoms with Crippen molar-refractivity contribution in [3.63, 3.8) is 0 Å². The van der Waals surface area contributed by atoms with Gasteiger partial charge >= 0.3 is 0 Å². The van der Waals surface area contributed by atoms with Crippen LogP contribution in [-0.4, -0.2) is 37.2 Å². The first-order valence-corrected chi connectivity index (χ1v) is 5.94. The van der Waals surface area contributed by atoms with Crippen LogP contribution in [0, 0.1) is 0 Å². The van der Waals surface area contributed by atoms with Crippen molar-refractivity contribution in [1.29, 1.82) is 0 Å². The van der Waals surface area contributed by atoms with Gasteiger partial charge in [0.15, 0.2) is 21.6 Å². The van der Waals surface area contributed by atoms with Crippen LogP contribution in [0.4, 0.5) is 0 Å². The minimum Gasteiger partial charge on any atom is -0.742 e. The number of nitrogens with one attached hydrogen (secondary N) is 1. The van der Waals surface area contributed by atoms with Crippen LogP contribution in [0.25, 0.3) is 11.0 Å². The van der Waals surface area contributed by atoms with Crippen LogP contribution < -0.4 is 9.47 Å². The van der Waals surface area contributed by atoms with E-state index in [2.05, 4.69) is 9.97 Å². The van der Waals surface area contributed by atoms with Gasteiger partial charge in [-0.05, 0) is 0 Å². The number of rotatable bonds is 3. The number of hydrogen-bond acceptors (Lipinski definition) is 6. The number of fused-ring (bicyclic) bond motifs is 1. The second kappa shape index (κ2) is 3.90. The molecule has 2 rings (SSSR count). The molecular formula is C9H9N2O5S-. The van der Waals surface area contributed by atoms with Crippen molar-refractivity contribution >= 4 is 21.2 Å². The van der Waals surface area contributed by atoms with Gasteiger partial charge in [0, 0.05) is 12.1 Å². The normalized spacial score (nSPS) is 11.7. The Hall–Kier alpha value is -1.80. The lowest BCUT2D eigenvalue weighted by atomic mass is 10.3. The van der Waals surface area contributed by atoms with Gasteiger partial charge in [-0.3, -0.25) is 0 Å². The largest absolute Gasteiger partial charge is 0.742 e. The van der Waals surface area contributed by atoms with Gasteiger partial charge < -0.3 is 19.0 Å². The third-order valence-corrected chi connectivity index (χ3v) is 2.87. The third-order valence-electron chi connectivity index (χ3n) is 2.20. The smallest absolute Gasteiger partial charge is 0.213 e. The van der Waals surface area contributed by atoms with E-state index in [9.17, 15) is 13.0 Å². The highest BCUT2D eigenvalue weighted by molar-refractivity contribution is 7.85. The predicted molar refractivity (Wildman–Crippen MR) is 57.2 cm³/mol. The van der Waals surface area contributed by atoms with Gasteiger partial charge in [0.05, 0.1) is 25.3 Å². The molecule has 1 aromatic heterocycles. The Morgan fingerprint density at radius 1 is 1.24 bits per heavy atom. The predicted octanol–water partition coefficient (Wildman–Crippen LogP) is 0.484. The SMILES string of the molecule is COc1cc2nc(S(=O)(=O)[O-])[nH]c2cc1OC. The zero-order valence-corrected chi connectivity index (χ0v) is 9.87. The van der Waals surface area contributed by atoms with Gasteiger partial charge in [-0.15, -0.1) is 0 Å². The van der Waals surface area contributed by atoms with E-state index in [-0.39, 0.29) is 0 Å². The first kappa shape index (κ1) is 11.7. The molecule has 0 radical (unpaired) electrons. The molecule has 0 saturated carbocycles. The van der Waals surface area contributed by atoms with E-state index < -0.39 is 15.3 Å². The van der Waals surface area contributed by atoms with Gasteiger partial charge in [-0.2, -0.15) is 0 Å². The van der Waals surface area contributed by atoms with E-state index in [1.807, 2.05) is 0 Å². The van der Waals surface area contributed by atoms with E-state index in [4.69, 9.17) is 9.47 Å². The molecule has 17 heavy (non-hydrogen) atoms. The van der Waals surface area contributed by atoms with Crippen LogP contribution in [0.1, 0.15) is 0 Å². The van der Waals surface area contributed by atoms with Gasteiger partial charge in [0.2, 0.25) is 5.16 Å². The summed E-state index contributed by atoms with van der Waals surface area (Å²) in [6.45, 7) is 0. The lowest BCUT2D eigenvalue weighted by Gasteiger charge is -2.06. The summed E-state index contributed by atoms with van der Waals surface area (Å²) in [5, 5.41) is -0.622. The molecule has 0 saturated heterocycles. The monoisotopic (exact) mass is 257 g/mol. The highest BCUT2D eigenvalue weighted by Crippen LogP contribution is 2.31. The number of ether oxygens (including phenoxy) is 2. The maximum atomic E-state index is 10.8. The van der Waals surface area contributed by atoms with Crippen LogP contribution >= 0.6 is 0 Å². The number of aromatic nitrogens is 2. The average Bonchev–Trinajstić information content (AvgIpc) is 2.69. The molecule has 0 atom stereocenters. The van der Waals surface area contributed by atoms with Gasteiger partial charge in [-0.25, -0.2) is 13.4 Å². The zero-order valence-electron chi connectivity index (χ0n) is 9.05. The molecule has 1 aromatic carbocycles. The van der Waals surface area contributed by atoms with E-state index in [1.54, 1.807) is 0 Å². The number of nitrogens with zero attached hydrogens (tertiary/aromatic N) is 1. The minimum absolute atomic E-state index is 0.317. The van der Waals surface area contributed by atoms with E-state index in [0.29, 0.717) is 22.5 Å². The summed E-state index contributed by atoms with van der Waals surface area (Å²) in [4.78, 5) is 6.09. The molecule has 0 unspecified atom stereocenters. The molecule has 8 heteroatoms. The molecule has 0 bridgehead atoms. The molecule has 0 aliphatic rings. The molecule has 2 aromatic rings. The molecule has 0 aliphatic heterocycles. The van der Waals surface area contributed by atoms with Crippen molar-refractivity contribution in [3.05, 3.63) is 12.1 Å². The highest BCUT2D eigenvalue weighted by Gasteiger charge is 2.12. The van der Waals surface area contributed by atoms with Gasteiger partial charge in [0.1, 0.15) is 0 Å². The molecule has 1 N–H and O–H groups in total. The van der Waals surface area contributed by atoms with Crippen LogP contribution in [0.15, 0.2) is 17.3 Å². The van der Waals surface area contributed by atoms with Crippen molar-refractivity contribution < 1.29 is 22.4 Å². The summed E-state index contributed by atoms with van der Waals surface area (Å²) >= 11 is 0. The molecule has 0 spiro atoms. The second-order valence-corrected chi connectivity index (χ2v) is 4.52. The van der Waals surface area contributed by atoms with Crippen molar-refractivity contribution in [2.75, 3.05) is 14.2 Å². The average molecular weight is 257 g/mol. The Morgan fingerprint density at radius 2 is 1.82 bits per heavy atom. The fourth-order valence-corrected chi connectivity index (χ4v) is 1.88. The number of methoxy groups -OCH3 is 2. The summed E-state index contributed by atoms with van der Waals surface area (Å²) in [5.74, 6) is 0.819. The molecule has 0 aliphatic carbocycles. The van der Waals surface area contributed by atoms with Crippen LogP contribution in [0.5, 0.6) is 11.5 Å². The maximum absolute atomic E-state index is 10.8. The van der Waals surface area contributed by atoms with Gasteiger partial charge in [0.25, 0.3) is 0 Å². The summed E-state index contributed by atoms with van der Waals surface area (Å²) in [6.07, 6.45) is 0. The van der Waals surface area contributed by atoms with E-state index in [0.717, 1.165) is 0 Å². The highest BCUT2D eigenvalue weighted by atomic mass is 32.2. The number of hydrogen-bond donors (Lipinski definition) is 1. The fraction of sp³-hybridized carbons (Fsp3) is 0.222. The number of benzene rings is 1. The Morgan fingerprint density at radius 3 is 2.35 bits per heavy atom. The Labute approximate surface area is 97.1 Å². The summed E-state index contributed by atoms with van der Waals surface area (Å²) < 4.78 is 42.5. The quantitative estimate of drug-likeness (QED) is 0.802. The third kappa shape index (κ3) is 2.04. The lowest BCUT2D eigenvalue weighted by Crippen LogP contribution is -2.00. The van der Waals surface area contributed by atoms with Crippen molar-refractivity contribution in [3.8, 4) is 11.5 Å². The molecule has 0 fully saturated rings. The molecule has 7 nitrogen and oxygen atoms in total. The Bertz CT molecular complexity index is 620. The first-order chi connectivity index (χ1) is 7.95. The summed E-state index contributed by atoms with van der Waals surface area (Å²) in [5.41, 5.74) is 0.703. The van der Waals surface area contributed by atoms with Gasteiger partial charge in [-0.1, -0.05) is 0 Å². The molecule has 1 heterocycles. The molecule has 0 amide bonds. The topological polar surface area (TPSA) is 104 Å². The standard InChI is InChI=1S/C9H10N2O5S/c1-15-7-3-5-6(4-8(7)16-2)11-9(10-5)17(12,13)14/h3-4H,1-2H3,(H,10,11)(H,12,13,14)/p-1. The summed E-state index contributed by atoms with van der Waals surface area (Å²) in [6, 6.07) is 3.00. The zero-order chi connectivity index (χ0) is 12.6.